The molecule has 2 saturated carbocycles. The summed E-state index contributed by atoms with van der Waals surface area (Å²) in [7, 11) is -3.55. The number of Topliss-reactive ketones (excluding diaryl/α,β-unsaturated/α-hetero) is 1. The summed E-state index contributed by atoms with van der Waals surface area (Å²) >= 11 is 0. The summed E-state index contributed by atoms with van der Waals surface area (Å²) in [5, 5.41) is 0. The second-order valence-electron chi connectivity index (χ2n) is 5.06. The van der Waals surface area contributed by atoms with E-state index in [1.54, 1.807) is 0 Å². The van der Waals surface area contributed by atoms with E-state index in [1.807, 2.05) is 0 Å². The van der Waals surface area contributed by atoms with E-state index in [2.05, 4.69) is 0 Å². The van der Waals surface area contributed by atoms with Crippen molar-refractivity contribution >= 4 is 15.9 Å². The van der Waals surface area contributed by atoms with Crippen molar-refractivity contribution in [1.29, 1.82) is 0 Å². The van der Waals surface area contributed by atoms with Gasteiger partial charge in [-0.25, -0.2) is 0 Å². The molecule has 0 amide bonds. The maximum atomic E-state index is 12.0. The summed E-state index contributed by atoms with van der Waals surface area (Å²) in [6.45, 7) is 0. The number of fused-ring (bicyclic) bond motifs is 2. The van der Waals surface area contributed by atoms with Crippen molar-refractivity contribution in [2.24, 2.45) is 5.92 Å². The third-order valence-corrected chi connectivity index (χ3v) is 4.27. The minimum absolute atomic E-state index is 0.0138. The minimum atomic E-state index is -3.55. The van der Waals surface area contributed by atoms with Gasteiger partial charge in [0.25, 0.3) is 10.1 Å². The lowest BCUT2D eigenvalue weighted by Crippen LogP contribution is -2.45. The highest BCUT2D eigenvalue weighted by atomic mass is 32.2. The van der Waals surface area contributed by atoms with Crippen LogP contribution in [-0.4, -0.2) is 26.1 Å². The first-order valence-corrected chi connectivity index (χ1v) is 7.67. The summed E-state index contributed by atoms with van der Waals surface area (Å²) < 4.78 is 27.7. The van der Waals surface area contributed by atoms with Gasteiger partial charge in [0.2, 0.25) is 0 Å². The molecule has 5 heteroatoms. The van der Waals surface area contributed by atoms with Gasteiger partial charge < -0.3 is 0 Å². The Bertz CT molecular complexity index is 387. The first-order chi connectivity index (χ1) is 7.41. The van der Waals surface area contributed by atoms with Crippen LogP contribution < -0.4 is 0 Å². The average Bonchev–Trinajstić information content (AvgIpc) is 2.23. The fourth-order valence-corrected chi connectivity index (χ4v) is 3.86. The van der Waals surface area contributed by atoms with Gasteiger partial charge in [-0.05, 0) is 38.0 Å². The number of hydrogen-bond donors (Lipinski definition) is 0. The molecule has 0 spiro atoms. The SMILES string of the molecule is CS(=O)(=O)O[C@]12CCC[C@H](CCCC1=O)C2. The lowest BCUT2D eigenvalue weighted by atomic mass is 9.77. The molecule has 2 rings (SSSR count). The van der Waals surface area contributed by atoms with Gasteiger partial charge in [0.15, 0.2) is 5.78 Å². The fourth-order valence-electron chi connectivity index (χ4n) is 3.04. The molecule has 0 aromatic rings. The standard InChI is InChI=1S/C11H18O4S/c1-16(13,14)15-11-7-3-5-9(8-11)4-2-6-10(11)12/h9H,2-8H2,1H3/t9-,11-/m0/s1. The first kappa shape index (κ1) is 12.0. The van der Waals surface area contributed by atoms with Crippen LogP contribution in [0.4, 0.5) is 0 Å². The van der Waals surface area contributed by atoms with Gasteiger partial charge in [0, 0.05) is 6.42 Å². The second kappa shape index (κ2) is 4.11. The van der Waals surface area contributed by atoms with E-state index in [0.717, 1.165) is 31.9 Å². The quantitative estimate of drug-likeness (QED) is 0.695. The number of rotatable bonds is 2. The van der Waals surface area contributed by atoms with Crippen LogP contribution in [0.25, 0.3) is 0 Å². The van der Waals surface area contributed by atoms with Gasteiger partial charge in [-0.2, -0.15) is 8.42 Å². The lowest BCUT2D eigenvalue weighted by Gasteiger charge is -2.36. The average molecular weight is 246 g/mol. The Kier molecular flexibility index (Phi) is 3.09. The van der Waals surface area contributed by atoms with Crippen molar-refractivity contribution < 1.29 is 17.4 Å². The summed E-state index contributed by atoms with van der Waals surface area (Å²) in [6.07, 6.45) is 6.55. The monoisotopic (exact) mass is 246 g/mol. The zero-order valence-corrected chi connectivity index (χ0v) is 10.4. The predicted octanol–water partition coefficient (Wildman–Crippen LogP) is 1.64. The Morgan fingerprint density at radius 1 is 1.31 bits per heavy atom. The highest BCUT2D eigenvalue weighted by Gasteiger charge is 2.47. The van der Waals surface area contributed by atoms with Crippen molar-refractivity contribution in [1.82, 2.24) is 0 Å². The van der Waals surface area contributed by atoms with Crippen LogP contribution in [0, 0.1) is 5.92 Å². The molecule has 2 atom stereocenters. The van der Waals surface area contributed by atoms with E-state index in [4.69, 9.17) is 4.18 Å². The van der Waals surface area contributed by atoms with Crippen LogP contribution in [0.3, 0.4) is 0 Å². The molecule has 0 heterocycles. The van der Waals surface area contributed by atoms with Crippen LogP contribution >= 0.6 is 0 Å². The maximum Gasteiger partial charge on any atom is 0.265 e. The summed E-state index contributed by atoms with van der Waals surface area (Å²) in [5.41, 5.74) is -1.02. The van der Waals surface area contributed by atoms with Crippen LogP contribution in [0.5, 0.6) is 0 Å². The molecule has 4 nitrogen and oxygen atoms in total. The van der Waals surface area contributed by atoms with E-state index in [1.165, 1.54) is 0 Å². The molecule has 0 aromatic carbocycles. The highest BCUT2D eigenvalue weighted by molar-refractivity contribution is 7.86. The Labute approximate surface area is 96.5 Å². The Morgan fingerprint density at radius 2 is 2.00 bits per heavy atom. The van der Waals surface area contributed by atoms with Crippen LogP contribution in [0.15, 0.2) is 0 Å². The molecule has 92 valence electrons. The first-order valence-electron chi connectivity index (χ1n) is 5.85. The van der Waals surface area contributed by atoms with Crippen LogP contribution in [0.1, 0.15) is 44.9 Å². The van der Waals surface area contributed by atoms with Crippen molar-refractivity contribution in [2.75, 3.05) is 6.26 Å². The third-order valence-electron chi connectivity index (χ3n) is 3.65. The molecule has 2 aliphatic carbocycles. The van der Waals surface area contributed by atoms with Crippen molar-refractivity contribution in [3.63, 3.8) is 0 Å². The van der Waals surface area contributed by atoms with Gasteiger partial charge in [-0.15, -0.1) is 0 Å². The molecule has 0 aliphatic heterocycles. The third kappa shape index (κ3) is 2.46. The van der Waals surface area contributed by atoms with Gasteiger partial charge in [0.05, 0.1) is 6.26 Å². The molecule has 0 radical (unpaired) electrons. The molecule has 2 bridgehead atoms. The van der Waals surface area contributed by atoms with Gasteiger partial charge in [-0.3, -0.25) is 8.98 Å². The van der Waals surface area contributed by atoms with E-state index < -0.39 is 15.7 Å². The fraction of sp³-hybridized carbons (Fsp3) is 0.909. The van der Waals surface area contributed by atoms with Gasteiger partial charge >= 0.3 is 0 Å². The molecular formula is C11H18O4S. The molecular weight excluding hydrogens is 228 g/mol. The summed E-state index contributed by atoms with van der Waals surface area (Å²) in [6, 6.07) is 0. The minimum Gasteiger partial charge on any atom is -0.296 e. The van der Waals surface area contributed by atoms with E-state index >= 15 is 0 Å². The maximum absolute atomic E-state index is 12.0. The van der Waals surface area contributed by atoms with Crippen molar-refractivity contribution in [3.8, 4) is 0 Å². The zero-order chi connectivity index (χ0) is 11.8. The zero-order valence-electron chi connectivity index (χ0n) is 9.57. The molecule has 0 saturated heterocycles. The molecule has 0 aromatic heterocycles. The molecule has 2 aliphatic rings. The number of carbonyl (C=O) groups excluding carboxylic acids is 1. The molecule has 2 fully saturated rings. The van der Waals surface area contributed by atoms with Gasteiger partial charge in [0.1, 0.15) is 5.60 Å². The molecule has 0 unspecified atom stereocenters. The van der Waals surface area contributed by atoms with E-state index in [9.17, 15) is 13.2 Å². The number of carbonyl (C=O) groups is 1. The Hall–Kier alpha value is -0.420. The normalized spacial score (nSPS) is 35.8. The lowest BCUT2D eigenvalue weighted by molar-refractivity contribution is -0.137. The summed E-state index contributed by atoms with van der Waals surface area (Å²) in [4.78, 5) is 12.0. The summed E-state index contributed by atoms with van der Waals surface area (Å²) in [5.74, 6) is 0.446. The second-order valence-corrected chi connectivity index (χ2v) is 6.63. The smallest absolute Gasteiger partial charge is 0.265 e. The van der Waals surface area contributed by atoms with Crippen molar-refractivity contribution in [3.05, 3.63) is 0 Å². The topological polar surface area (TPSA) is 60.4 Å². The highest BCUT2D eigenvalue weighted by Crippen LogP contribution is 2.42. The molecule has 0 N–H and O–H groups in total. The predicted molar refractivity (Wildman–Crippen MR) is 59.5 cm³/mol. The van der Waals surface area contributed by atoms with Crippen LogP contribution in [-0.2, 0) is 19.1 Å². The number of ketones is 1. The van der Waals surface area contributed by atoms with Crippen LogP contribution in [0.2, 0.25) is 0 Å². The Morgan fingerprint density at radius 3 is 2.69 bits per heavy atom. The largest absolute Gasteiger partial charge is 0.296 e. The Balaban J connectivity index is 2.29. The van der Waals surface area contributed by atoms with E-state index in [-0.39, 0.29) is 5.78 Å². The molecule has 16 heavy (non-hydrogen) atoms. The number of hydrogen-bond acceptors (Lipinski definition) is 4. The van der Waals surface area contributed by atoms with Gasteiger partial charge in [-0.1, -0.05) is 6.42 Å². The van der Waals surface area contributed by atoms with Crippen molar-refractivity contribution in [2.45, 2.75) is 50.5 Å². The van der Waals surface area contributed by atoms with E-state index in [0.29, 0.717) is 25.2 Å².